The van der Waals surface area contributed by atoms with Gasteiger partial charge in [0.15, 0.2) is 5.82 Å². The highest BCUT2D eigenvalue weighted by atomic mass is 19.1. The van der Waals surface area contributed by atoms with Gasteiger partial charge in [-0.25, -0.2) is 4.39 Å². The molecule has 0 fully saturated rings. The summed E-state index contributed by atoms with van der Waals surface area (Å²) in [5, 5.41) is 19.1. The zero-order chi connectivity index (χ0) is 13.7. The van der Waals surface area contributed by atoms with E-state index in [1.54, 1.807) is 6.07 Å². The number of hydrogen-bond acceptors (Lipinski definition) is 2. The van der Waals surface area contributed by atoms with Gasteiger partial charge in [0.2, 0.25) is 0 Å². The van der Waals surface area contributed by atoms with Crippen LogP contribution in [-0.2, 0) is 0 Å². The Morgan fingerprint density at radius 1 is 1.28 bits per heavy atom. The molecule has 0 spiro atoms. The molecule has 0 unspecified atom stereocenters. The zero-order valence-corrected chi connectivity index (χ0v) is 10.2. The number of benzene rings is 2. The van der Waals surface area contributed by atoms with Crippen molar-refractivity contribution in [1.82, 2.24) is 0 Å². The van der Waals surface area contributed by atoms with Crippen molar-refractivity contribution < 1.29 is 9.50 Å². The molecule has 18 heavy (non-hydrogen) atoms. The number of fused-ring (bicyclic) bond motifs is 1. The van der Waals surface area contributed by atoms with E-state index in [9.17, 15) is 9.50 Å². The maximum absolute atomic E-state index is 13.7. The van der Waals surface area contributed by atoms with Gasteiger partial charge in [0.05, 0.1) is 11.1 Å². The predicted octanol–water partition coefficient (Wildman–Crippen LogP) is 3.56. The van der Waals surface area contributed by atoms with E-state index in [-0.39, 0.29) is 16.9 Å². The van der Waals surface area contributed by atoms with Crippen LogP contribution in [0.5, 0.6) is 5.75 Å². The van der Waals surface area contributed by atoms with Crippen LogP contribution >= 0.6 is 0 Å². The Bertz CT molecular complexity index is 663. The zero-order valence-electron chi connectivity index (χ0n) is 10.2. The Labute approximate surface area is 105 Å². The highest BCUT2D eigenvalue weighted by Crippen LogP contribution is 2.27. The van der Waals surface area contributed by atoms with Gasteiger partial charge in [0.1, 0.15) is 11.8 Å². The Kier molecular flexibility index (Phi) is 4.29. The van der Waals surface area contributed by atoms with Crippen molar-refractivity contribution >= 4 is 10.8 Å². The van der Waals surface area contributed by atoms with Crippen LogP contribution < -0.4 is 0 Å². The molecule has 2 rings (SSSR count). The number of rotatable bonds is 0. The van der Waals surface area contributed by atoms with Crippen LogP contribution in [0.3, 0.4) is 0 Å². The van der Waals surface area contributed by atoms with Gasteiger partial charge >= 0.3 is 0 Å². The van der Waals surface area contributed by atoms with Crippen molar-refractivity contribution in [1.29, 1.82) is 5.26 Å². The summed E-state index contributed by atoms with van der Waals surface area (Å²) in [6.45, 7) is 4.00. The fourth-order valence-electron chi connectivity index (χ4n) is 1.59. The van der Waals surface area contributed by atoms with Gasteiger partial charge in [-0.3, -0.25) is 0 Å². The Balaban J connectivity index is 0.000000771. The van der Waals surface area contributed by atoms with Crippen molar-refractivity contribution in [2.45, 2.75) is 13.8 Å². The molecule has 90 valence electrons. The van der Waals surface area contributed by atoms with Crippen LogP contribution in [0.15, 0.2) is 24.3 Å². The molecule has 0 atom stereocenters. The third kappa shape index (κ3) is 2.26. The van der Waals surface area contributed by atoms with Gasteiger partial charge in [-0.2, -0.15) is 5.26 Å². The van der Waals surface area contributed by atoms with Crippen LogP contribution in [0, 0.1) is 29.5 Å². The minimum Gasteiger partial charge on any atom is -0.508 e. The molecule has 2 nitrogen and oxygen atoms in total. The molecular formula is C15H12FNO. The van der Waals surface area contributed by atoms with E-state index in [2.05, 4.69) is 5.92 Å². The number of phenolic OH excluding ortho intramolecular Hbond substituents is 1. The van der Waals surface area contributed by atoms with Gasteiger partial charge in [0, 0.05) is 5.39 Å². The van der Waals surface area contributed by atoms with Crippen LogP contribution in [0.1, 0.15) is 25.0 Å². The molecule has 0 bridgehead atoms. The highest BCUT2D eigenvalue weighted by Gasteiger charge is 2.11. The maximum atomic E-state index is 13.7. The van der Waals surface area contributed by atoms with Crippen LogP contribution in [0.4, 0.5) is 4.39 Å². The number of terminal acetylenes is 1. The molecule has 0 saturated heterocycles. The number of hydrogen-bond donors (Lipinski definition) is 1. The first-order chi connectivity index (χ1) is 8.67. The molecule has 0 saturated carbocycles. The molecule has 0 heterocycles. The van der Waals surface area contributed by atoms with E-state index in [1.807, 2.05) is 13.8 Å². The van der Waals surface area contributed by atoms with Crippen molar-refractivity contribution in [3.8, 4) is 24.2 Å². The molecule has 2 aromatic rings. The van der Waals surface area contributed by atoms with Crippen LogP contribution in [-0.4, -0.2) is 5.11 Å². The highest BCUT2D eigenvalue weighted by molar-refractivity contribution is 5.90. The number of phenols is 1. The van der Waals surface area contributed by atoms with Gasteiger partial charge < -0.3 is 5.11 Å². The summed E-state index contributed by atoms with van der Waals surface area (Å²) in [6.07, 6.45) is 5.22. The topological polar surface area (TPSA) is 44.0 Å². The second-order valence-corrected chi connectivity index (χ2v) is 3.27. The molecule has 0 amide bonds. The SMILES string of the molecule is C#Cc1c(F)c(C#N)cc2cc(O)ccc12.CC. The van der Waals surface area contributed by atoms with E-state index >= 15 is 0 Å². The summed E-state index contributed by atoms with van der Waals surface area (Å²) in [6, 6.07) is 7.49. The molecule has 3 heteroatoms. The van der Waals surface area contributed by atoms with E-state index in [4.69, 9.17) is 11.7 Å². The average Bonchev–Trinajstić information content (AvgIpc) is 2.40. The number of nitrogens with zero attached hydrogens (tertiary/aromatic N) is 1. The Morgan fingerprint density at radius 3 is 2.50 bits per heavy atom. The predicted molar refractivity (Wildman–Crippen MR) is 69.6 cm³/mol. The number of nitriles is 1. The lowest BCUT2D eigenvalue weighted by atomic mass is 10.0. The molecule has 0 aromatic heterocycles. The first-order valence-electron chi connectivity index (χ1n) is 5.49. The van der Waals surface area contributed by atoms with Crippen molar-refractivity contribution in [3.05, 3.63) is 41.2 Å². The van der Waals surface area contributed by atoms with Gasteiger partial charge in [-0.1, -0.05) is 19.8 Å². The van der Waals surface area contributed by atoms with Crippen molar-refractivity contribution in [2.75, 3.05) is 0 Å². The van der Waals surface area contributed by atoms with Gasteiger partial charge in [-0.05, 0) is 29.7 Å². The lowest BCUT2D eigenvalue weighted by Gasteiger charge is -2.04. The van der Waals surface area contributed by atoms with Crippen LogP contribution in [0.2, 0.25) is 0 Å². The van der Waals surface area contributed by atoms with Gasteiger partial charge in [0.25, 0.3) is 0 Å². The van der Waals surface area contributed by atoms with E-state index < -0.39 is 5.82 Å². The fourth-order valence-corrected chi connectivity index (χ4v) is 1.59. The molecule has 0 aliphatic rings. The second kappa shape index (κ2) is 5.70. The summed E-state index contributed by atoms with van der Waals surface area (Å²) in [7, 11) is 0. The minimum absolute atomic E-state index is 0.0472. The Hall–Kier alpha value is -2.52. The monoisotopic (exact) mass is 241 g/mol. The van der Waals surface area contributed by atoms with E-state index in [1.165, 1.54) is 24.3 Å². The minimum atomic E-state index is -0.691. The molecule has 1 N–H and O–H groups in total. The second-order valence-electron chi connectivity index (χ2n) is 3.27. The first kappa shape index (κ1) is 13.5. The first-order valence-corrected chi connectivity index (χ1v) is 5.49. The van der Waals surface area contributed by atoms with Crippen LogP contribution in [0.25, 0.3) is 10.8 Å². The summed E-state index contributed by atoms with van der Waals surface area (Å²) < 4.78 is 13.7. The quantitative estimate of drug-likeness (QED) is 0.716. The average molecular weight is 241 g/mol. The summed E-state index contributed by atoms with van der Waals surface area (Å²) >= 11 is 0. The molecule has 0 aliphatic heterocycles. The lowest BCUT2D eigenvalue weighted by Crippen LogP contribution is -1.91. The largest absolute Gasteiger partial charge is 0.508 e. The maximum Gasteiger partial charge on any atom is 0.157 e. The van der Waals surface area contributed by atoms with Crippen molar-refractivity contribution in [3.63, 3.8) is 0 Å². The standard InChI is InChI=1S/C13H6FNO.C2H6/c1-2-11-12-4-3-10(16)6-8(12)5-9(7-15)13(11)14;1-2/h1,3-6,16H;1-2H3. The van der Waals surface area contributed by atoms with E-state index in [0.29, 0.717) is 10.8 Å². The third-order valence-electron chi connectivity index (χ3n) is 2.33. The number of aromatic hydroxyl groups is 1. The lowest BCUT2D eigenvalue weighted by molar-refractivity contribution is 0.476. The molecular weight excluding hydrogens is 229 g/mol. The summed E-state index contributed by atoms with van der Waals surface area (Å²) in [5.41, 5.74) is -0.0694. The summed E-state index contributed by atoms with van der Waals surface area (Å²) in [5.74, 6) is 1.58. The van der Waals surface area contributed by atoms with Gasteiger partial charge in [-0.15, -0.1) is 6.42 Å². The molecule has 0 aliphatic carbocycles. The number of halogens is 1. The van der Waals surface area contributed by atoms with E-state index in [0.717, 1.165) is 0 Å². The Morgan fingerprint density at radius 2 is 1.94 bits per heavy atom. The van der Waals surface area contributed by atoms with Crippen molar-refractivity contribution in [2.24, 2.45) is 0 Å². The molecule has 0 radical (unpaired) electrons. The normalized spacial score (nSPS) is 8.94. The fraction of sp³-hybridized carbons (Fsp3) is 0.133. The smallest absolute Gasteiger partial charge is 0.157 e. The third-order valence-corrected chi connectivity index (χ3v) is 2.33. The molecule has 2 aromatic carbocycles. The summed E-state index contributed by atoms with van der Waals surface area (Å²) in [4.78, 5) is 0.